The molecule has 0 aliphatic carbocycles. The van der Waals surface area contributed by atoms with Crippen LogP contribution in [0.2, 0.25) is 0 Å². The standard InChI is InChI=1S/C17H22N8O2/c1-27-10-12-8-15(25-17(21-12)19-11-20-25)18-9-13-4-2-3-7-24(13)14-5-6-16(26)23-22-14/h5-6,8,11,13,18H,2-4,7,9-10H2,1H3,(H,23,26). The zero-order valence-corrected chi connectivity index (χ0v) is 15.1. The van der Waals surface area contributed by atoms with Gasteiger partial charge in [0.2, 0.25) is 0 Å². The second-order valence-electron chi connectivity index (χ2n) is 6.54. The third-order valence-corrected chi connectivity index (χ3v) is 4.70. The molecule has 1 unspecified atom stereocenters. The fourth-order valence-corrected chi connectivity index (χ4v) is 3.44. The minimum atomic E-state index is -0.193. The van der Waals surface area contributed by atoms with Crippen molar-refractivity contribution in [2.24, 2.45) is 0 Å². The van der Waals surface area contributed by atoms with Crippen molar-refractivity contribution in [3.8, 4) is 0 Å². The van der Waals surface area contributed by atoms with Gasteiger partial charge in [-0.25, -0.2) is 10.1 Å². The van der Waals surface area contributed by atoms with E-state index in [1.807, 2.05) is 6.07 Å². The van der Waals surface area contributed by atoms with Gasteiger partial charge in [-0.3, -0.25) is 4.79 Å². The molecule has 3 aromatic heterocycles. The molecule has 2 N–H and O–H groups in total. The highest BCUT2D eigenvalue weighted by Gasteiger charge is 2.24. The van der Waals surface area contributed by atoms with Crippen LogP contribution in [0, 0.1) is 0 Å². The summed E-state index contributed by atoms with van der Waals surface area (Å²) < 4.78 is 6.88. The molecule has 0 bridgehead atoms. The van der Waals surface area contributed by atoms with Gasteiger partial charge < -0.3 is 15.0 Å². The lowest BCUT2D eigenvalue weighted by Gasteiger charge is -2.36. The normalized spacial score (nSPS) is 17.4. The molecule has 0 radical (unpaired) electrons. The lowest BCUT2D eigenvalue weighted by atomic mass is 10.0. The van der Waals surface area contributed by atoms with Gasteiger partial charge in [-0.15, -0.1) is 0 Å². The minimum Gasteiger partial charge on any atom is -0.378 e. The van der Waals surface area contributed by atoms with Crippen LogP contribution in [-0.4, -0.2) is 56.0 Å². The predicted molar refractivity (Wildman–Crippen MR) is 99.8 cm³/mol. The number of fused-ring (bicyclic) bond motifs is 1. The van der Waals surface area contributed by atoms with Crippen molar-refractivity contribution >= 4 is 17.4 Å². The lowest BCUT2D eigenvalue weighted by molar-refractivity contribution is 0.181. The first-order valence-corrected chi connectivity index (χ1v) is 8.99. The minimum absolute atomic E-state index is 0.193. The highest BCUT2D eigenvalue weighted by Crippen LogP contribution is 2.23. The molecule has 1 atom stereocenters. The Kier molecular flexibility index (Phi) is 4.97. The van der Waals surface area contributed by atoms with Crippen LogP contribution < -0.4 is 15.8 Å². The fourth-order valence-electron chi connectivity index (χ4n) is 3.44. The molecule has 1 aliphatic rings. The van der Waals surface area contributed by atoms with Crippen molar-refractivity contribution < 1.29 is 4.74 Å². The molecular formula is C17H22N8O2. The van der Waals surface area contributed by atoms with Gasteiger partial charge >= 0.3 is 0 Å². The summed E-state index contributed by atoms with van der Waals surface area (Å²) in [5.74, 6) is 2.15. The molecule has 142 valence electrons. The molecule has 0 amide bonds. The molecule has 1 aliphatic heterocycles. The molecule has 3 aromatic rings. The number of anilines is 2. The Morgan fingerprint density at radius 3 is 3.11 bits per heavy atom. The van der Waals surface area contributed by atoms with Gasteiger partial charge in [0, 0.05) is 38.4 Å². The summed E-state index contributed by atoms with van der Waals surface area (Å²) in [5, 5.41) is 14.4. The molecule has 10 nitrogen and oxygen atoms in total. The fraction of sp³-hybridized carbons (Fsp3) is 0.471. The van der Waals surface area contributed by atoms with Crippen LogP contribution in [0.4, 0.5) is 11.6 Å². The van der Waals surface area contributed by atoms with E-state index in [2.05, 4.69) is 35.5 Å². The van der Waals surface area contributed by atoms with Crippen LogP contribution in [0.1, 0.15) is 25.0 Å². The highest BCUT2D eigenvalue weighted by atomic mass is 16.5. The maximum atomic E-state index is 11.3. The smallest absolute Gasteiger partial charge is 0.264 e. The van der Waals surface area contributed by atoms with Crippen LogP contribution in [-0.2, 0) is 11.3 Å². The summed E-state index contributed by atoms with van der Waals surface area (Å²) in [6, 6.07) is 5.47. The summed E-state index contributed by atoms with van der Waals surface area (Å²) in [6.07, 6.45) is 4.81. The second-order valence-corrected chi connectivity index (χ2v) is 6.54. The average molecular weight is 370 g/mol. The van der Waals surface area contributed by atoms with Gasteiger partial charge in [0.15, 0.2) is 0 Å². The zero-order chi connectivity index (χ0) is 18.6. The van der Waals surface area contributed by atoms with Gasteiger partial charge in [0.1, 0.15) is 18.0 Å². The van der Waals surface area contributed by atoms with Crippen LogP contribution in [0.15, 0.2) is 29.3 Å². The molecule has 1 saturated heterocycles. The van der Waals surface area contributed by atoms with E-state index in [0.29, 0.717) is 18.9 Å². The second kappa shape index (κ2) is 7.70. The number of piperidine rings is 1. The highest BCUT2D eigenvalue weighted by molar-refractivity contribution is 5.46. The van der Waals surface area contributed by atoms with Crippen LogP contribution >= 0.6 is 0 Å². The van der Waals surface area contributed by atoms with Gasteiger partial charge in [0.05, 0.1) is 12.3 Å². The van der Waals surface area contributed by atoms with Crippen molar-refractivity contribution in [2.45, 2.75) is 31.9 Å². The summed E-state index contributed by atoms with van der Waals surface area (Å²) in [5.41, 5.74) is 0.602. The van der Waals surface area contributed by atoms with Crippen LogP contribution in [0.5, 0.6) is 0 Å². The number of H-pyrrole nitrogens is 1. The topological polar surface area (TPSA) is 113 Å². The van der Waals surface area contributed by atoms with E-state index in [0.717, 1.165) is 43.1 Å². The van der Waals surface area contributed by atoms with E-state index >= 15 is 0 Å². The maximum absolute atomic E-state index is 11.3. The van der Waals surface area contributed by atoms with Crippen molar-refractivity contribution in [2.75, 3.05) is 30.4 Å². The van der Waals surface area contributed by atoms with E-state index < -0.39 is 0 Å². The average Bonchev–Trinajstić information content (AvgIpc) is 3.16. The SMILES string of the molecule is COCc1cc(NCC2CCCCN2c2ccc(=O)[nH]n2)n2ncnc2n1. The van der Waals surface area contributed by atoms with E-state index in [1.165, 1.54) is 12.4 Å². The van der Waals surface area contributed by atoms with Crippen LogP contribution in [0.25, 0.3) is 5.78 Å². The summed E-state index contributed by atoms with van der Waals surface area (Å²) >= 11 is 0. The Balaban J connectivity index is 1.54. The number of hydrogen-bond acceptors (Lipinski definition) is 8. The molecule has 0 spiro atoms. The Bertz CT molecular complexity index is 948. The molecule has 4 heterocycles. The molecule has 10 heteroatoms. The third-order valence-electron chi connectivity index (χ3n) is 4.70. The first-order valence-electron chi connectivity index (χ1n) is 8.99. The largest absolute Gasteiger partial charge is 0.378 e. The van der Waals surface area contributed by atoms with Crippen molar-refractivity contribution in [3.05, 3.63) is 40.6 Å². The van der Waals surface area contributed by atoms with E-state index in [4.69, 9.17) is 4.74 Å². The quantitative estimate of drug-likeness (QED) is 0.656. The number of hydrogen-bond donors (Lipinski definition) is 2. The Labute approximate surface area is 155 Å². The maximum Gasteiger partial charge on any atom is 0.264 e. The van der Waals surface area contributed by atoms with Crippen molar-refractivity contribution in [1.29, 1.82) is 0 Å². The van der Waals surface area contributed by atoms with Crippen LogP contribution in [0.3, 0.4) is 0 Å². The Hall–Kier alpha value is -3.01. The number of rotatable bonds is 6. The molecule has 0 aromatic carbocycles. The van der Waals surface area contributed by atoms with Gasteiger partial charge in [-0.05, 0) is 25.3 Å². The first kappa shape index (κ1) is 17.4. The summed E-state index contributed by atoms with van der Waals surface area (Å²) in [6.45, 7) is 2.04. The van der Waals surface area contributed by atoms with E-state index in [-0.39, 0.29) is 11.6 Å². The summed E-state index contributed by atoms with van der Waals surface area (Å²) in [7, 11) is 1.64. The predicted octanol–water partition coefficient (Wildman–Crippen LogP) is 0.825. The monoisotopic (exact) mass is 370 g/mol. The molecule has 4 rings (SSSR count). The summed E-state index contributed by atoms with van der Waals surface area (Å²) in [4.78, 5) is 22.1. The number of nitrogens with one attached hydrogen (secondary N) is 2. The number of aromatic amines is 1. The number of nitrogens with zero attached hydrogens (tertiary/aromatic N) is 6. The number of aromatic nitrogens is 6. The van der Waals surface area contributed by atoms with Gasteiger partial charge in [-0.2, -0.15) is 19.7 Å². The zero-order valence-electron chi connectivity index (χ0n) is 15.1. The number of ether oxygens (including phenoxy) is 1. The molecule has 0 saturated carbocycles. The first-order chi connectivity index (χ1) is 13.2. The third kappa shape index (κ3) is 3.75. The van der Waals surface area contributed by atoms with Crippen molar-refractivity contribution in [1.82, 2.24) is 29.8 Å². The molecular weight excluding hydrogens is 348 g/mol. The Morgan fingerprint density at radius 2 is 2.30 bits per heavy atom. The lowest BCUT2D eigenvalue weighted by Crippen LogP contribution is -2.44. The Morgan fingerprint density at radius 1 is 1.37 bits per heavy atom. The molecule has 27 heavy (non-hydrogen) atoms. The number of methoxy groups -OCH3 is 1. The van der Waals surface area contributed by atoms with Crippen molar-refractivity contribution in [3.63, 3.8) is 0 Å². The molecule has 1 fully saturated rings. The van der Waals surface area contributed by atoms with E-state index in [9.17, 15) is 4.79 Å². The van der Waals surface area contributed by atoms with Gasteiger partial charge in [0.25, 0.3) is 11.3 Å². The van der Waals surface area contributed by atoms with E-state index in [1.54, 1.807) is 17.7 Å². The van der Waals surface area contributed by atoms with Gasteiger partial charge in [-0.1, -0.05) is 0 Å².